The molecule has 4 heteroatoms. The molecule has 0 aliphatic rings. The van der Waals surface area contributed by atoms with Gasteiger partial charge in [0.15, 0.2) is 0 Å². The zero-order valence-electron chi connectivity index (χ0n) is 17.4. The van der Waals surface area contributed by atoms with Crippen molar-refractivity contribution in [2.75, 3.05) is 0 Å². The second kappa shape index (κ2) is 6.92. The smallest absolute Gasteiger partial charge is 0.150 e. The van der Waals surface area contributed by atoms with Crippen LogP contribution in [0.2, 0.25) is 0 Å². The average Bonchev–Trinajstić information content (AvgIpc) is 3.40. The normalized spacial score (nSPS) is 11.8. The molecule has 6 aromatic rings. The highest BCUT2D eigenvalue weighted by molar-refractivity contribution is 6.12. The van der Waals surface area contributed by atoms with Gasteiger partial charge in [-0.25, -0.2) is 0 Å². The van der Waals surface area contributed by atoms with E-state index in [4.69, 9.17) is 0 Å². The van der Waals surface area contributed by atoms with Crippen LogP contribution < -0.4 is 0 Å². The van der Waals surface area contributed by atoms with Crippen LogP contribution in [-0.4, -0.2) is 22.5 Å². The van der Waals surface area contributed by atoms with Crippen molar-refractivity contribution in [2.24, 2.45) is 0 Å². The van der Waals surface area contributed by atoms with E-state index >= 15 is 0 Å². The predicted molar refractivity (Wildman–Crippen MR) is 130 cm³/mol. The van der Waals surface area contributed by atoms with E-state index in [2.05, 4.69) is 22.1 Å². The van der Waals surface area contributed by atoms with Gasteiger partial charge in [0.1, 0.15) is 12.6 Å². The third-order valence-electron chi connectivity index (χ3n) is 6.36. The zero-order valence-corrected chi connectivity index (χ0v) is 17.4. The molecular weight excluding hydrogens is 396 g/mol. The van der Waals surface area contributed by atoms with Crippen molar-refractivity contribution in [3.8, 4) is 0 Å². The Bertz CT molecular complexity index is 1560. The first-order valence-electron chi connectivity index (χ1n) is 10.5. The Hall–Kier alpha value is -4.18. The van der Waals surface area contributed by atoms with Gasteiger partial charge in [-0.05, 0) is 47.5 Å². The van der Waals surface area contributed by atoms with Crippen molar-refractivity contribution in [3.63, 3.8) is 0 Å². The lowest BCUT2D eigenvalue weighted by molar-refractivity contribution is 0.111. The Morgan fingerprint density at radius 1 is 0.625 bits per heavy atom. The summed E-state index contributed by atoms with van der Waals surface area (Å²) in [6.07, 6.45) is 1.77. The van der Waals surface area contributed by atoms with Crippen molar-refractivity contribution >= 4 is 56.2 Å². The van der Waals surface area contributed by atoms with Crippen LogP contribution in [-0.2, 0) is 0 Å². The molecule has 2 N–H and O–H groups in total. The van der Waals surface area contributed by atoms with Gasteiger partial charge in [-0.1, -0.05) is 43.3 Å². The van der Waals surface area contributed by atoms with Crippen LogP contribution in [0.4, 0.5) is 0 Å². The molecule has 0 aliphatic heterocycles. The van der Waals surface area contributed by atoms with E-state index in [-0.39, 0.29) is 0 Å². The maximum atomic E-state index is 11.8. The molecule has 0 aliphatic carbocycles. The summed E-state index contributed by atoms with van der Waals surface area (Å²) in [6, 6.07) is 23.9. The number of fused-ring (bicyclic) bond motifs is 6. The van der Waals surface area contributed by atoms with Gasteiger partial charge < -0.3 is 9.97 Å². The van der Waals surface area contributed by atoms with Crippen molar-refractivity contribution in [1.82, 2.24) is 9.97 Å². The fourth-order valence-electron chi connectivity index (χ4n) is 4.82. The van der Waals surface area contributed by atoms with Crippen molar-refractivity contribution in [3.05, 3.63) is 101 Å². The summed E-state index contributed by atoms with van der Waals surface area (Å²) in [5.74, 6) is 0.991. The van der Waals surface area contributed by atoms with E-state index < -0.39 is 0 Å². The number of carbonyl (C=O) groups excluding carboxylic acids is 2. The minimum absolute atomic E-state index is 0.621. The fraction of sp³-hybridized carbons (Fsp3) is 0.0357. The molecule has 1 radical (unpaired) electrons. The number of hydrogen-bond donors (Lipinski definition) is 2. The number of carbonyl (C=O) groups is 2. The maximum Gasteiger partial charge on any atom is 0.150 e. The first-order valence-corrected chi connectivity index (χ1v) is 10.5. The summed E-state index contributed by atoms with van der Waals surface area (Å²) in [7, 11) is 0. The highest BCUT2D eigenvalue weighted by Crippen LogP contribution is 2.38. The number of hydrogen-bond acceptors (Lipinski definition) is 2. The molecule has 4 nitrogen and oxygen atoms in total. The Morgan fingerprint density at radius 2 is 1.06 bits per heavy atom. The number of H-pyrrole nitrogens is 2. The van der Waals surface area contributed by atoms with Crippen LogP contribution in [0, 0.1) is 5.92 Å². The second-order valence-corrected chi connectivity index (χ2v) is 8.18. The Morgan fingerprint density at radius 3 is 1.50 bits per heavy atom. The van der Waals surface area contributed by atoms with Crippen LogP contribution >= 0.6 is 0 Å². The Balaban J connectivity index is 1.68. The average molecular weight is 415 g/mol. The summed E-state index contributed by atoms with van der Waals surface area (Å²) >= 11 is 0. The van der Waals surface area contributed by atoms with E-state index in [1.54, 1.807) is 0 Å². The number of rotatable bonds is 4. The first kappa shape index (κ1) is 18.6. The lowest BCUT2D eigenvalue weighted by Crippen LogP contribution is -2.02. The molecule has 0 atom stereocenters. The summed E-state index contributed by atoms with van der Waals surface area (Å²) in [5, 5.41) is 4.19. The highest BCUT2D eigenvalue weighted by atomic mass is 16.1. The standard InChI is InChI=1S/C28H19N2O2/c1-16(21-10-17(14-31)12-23-19-6-2-4-8-25(19)29-27(21)23)22-11-18(15-32)13-24-20-7-3-5-9-26(20)30-28(22)24/h2-15,29-30H,1H3. The molecule has 0 fully saturated rings. The molecule has 0 saturated heterocycles. The molecule has 6 rings (SSSR count). The van der Waals surface area contributed by atoms with Crippen LogP contribution in [0.1, 0.15) is 38.8 Å². The van der Waals surface area contributed by atoms with Gasteiger partial charge in [0.2, 0.25) is 0 Å². The minimum atomic E-state index is 0.621. The predicted octanol–water partition coefficient (Wildman–Crippen LogP) is 6.57. The third-order valence-corrected chi connectivity index (χ3v) is 6.36. The van der Waals surface area contributed by atoms with Gasteiger partial charge >= 0.3 is 0 Å². The van der Waals surface area contributed by atoms with E-state index in [0.29, 0.717) is 11.1 Å². The van der Waals surface area contributed by atoms with Crippen LogP contribution in [0.3, 0.4) is 0 Å². The molecule has 0 saturated carbocycles. The monoisotopic (exact) mass is 415 g/mol. The summed E-state index contributed by atoms with van der Waals surface area (Å²) in [4.78, 5) is 30.6. The minimum Gasteiger partial charge on any atom is -0.354 e. The number of aldehydes is 2. The van der Waals surface area contributed by atoms with Crippen molar-refractivity contribution in [1.29, 1.82) is 0 Å². The number of aromatic amines is 2. The van der Waals surface area contributed by atoms with Crippen LogP contribution in [0.15, 0.2) is 72.8 Å². The fourth-order valence-corrected chi connectivity index (χ4v) is 4.82. The summed E-state index contributed by atoms with van der Waals surface area (Å²) in [6.45, 7) is 2.05. The highest BCUT2D eigenvalue weighted by Gasteiger charge is 2.21. The number of nitrogens with one attached hydrogen (secondary N) is 2. The zero-order chi connectivity index (χ0) is 21.8. The molecule has 2 heterocycles. The topological polar surface area (TPSA) is 65.7 Å². The first-order chi connectivity index (χ1) is 15.7. The quantitative estimate of drug-likeness (QED) is 0.320. The number of para-hydroxylation sites is 2. The molecule has 4 aromatic carbocycles. The lowest BCUT2D eigenvalue weighted by atomic mass is 9.88. The SMILES string of the molecule is C[C](c1cc(C=O)cc2c1[nH]c1ccccc12)c1cc(C=O)cc2c1[nH]c1ccccc12. The van der Waals surface area contributed by atoms with Gasteiger partial charge in [0, 0.05) is 49.6 Å². The lowest BCUT2D eigenvalue weighted by Gasteiger charge is -2.16. The number of aromatic nitrogens is 2. The van der Waals surface area contributed by atoms with Crippen LogP contribution in [0.5, 0.6) is 0 Å². The van der Waals surface area contributed by atoms with Crippen molar-refractivity contribution < 1.29 is 9.59 Å². The summed E-state index contributed by atoms with van der Waals surface area (Å²) in [5.41, 5.74) is 7.15. The molecule has 32 heavy (non-hydrogen) atoms. The maximum absolute atomic E-state index is 11.8. The molecule has 153 valence electrons. The molecule has 0 bridgehead atoms. The molecule has 0 spiro atoms. The number of benzene rings is 4. The molecule has 0 amide bonds. The van der Waals surface area contributed by atoms with Crippen LogP contribution in [0.25, 0.3) is 43.6 Å². The van der Waals surface area contributed by atoms with E-state index in [0.717, 1.165) is 73.2 Å². The van der Waals surface area contributed by atoms with E-state index in [9.17, 15) is 9.59 Å². The largest absolute Gasteiger partial charge is 0.354 e. The van der Waals surface area contributed by atoms with Crippen molar-refractivity contribution in [2.45, 2.75) is 6.92 Å². The van der Waals surface area contributed by atoms with Gasteiger partial charge in [-0.15, -0.1) is 0 Å². The van der Waals surface area contributed by atoms with E-state index in [1.165, 1.54) is 0 Å². The van der Waals surface area contributed by atoms with Gasteiger partial charge in [-0.3, -0.25) is 9.59 Å². The molecule has 2 aromatic heterocycles. The third kappa shape index (κ3) is 2.63. The second-order valence-electron chi connectivity index (χ2n) is 8.18. The Labute approximate surface area is 183 Å². The van der Waals surface area contributed by atoms with Gasteiger partial charge in [0.05, 0.1) is 11.0 Å². The Kier molecular flexibility index (Phi) is 4.02. The van der Waals surface area contributed by atoms with Gasteiger partial charge in [0.25, 0.3) is 0 Å². The molecule has 0 unspecified atom stereocenters. The van der Waals surface area contributed by atoms with Gasteiger partial charge in [-0.2, -0.15) is 0 Å². The molecular formula is C28H19N2O2. The van der Waals surface area contributed by atoms with E-state index in [1.807, 2.05) is 67.6 Å². The summed E-state index contributed by atoms with van der Waals surface area (Å²) < 4.78 is 0.